The number of aliphatic hydroxyl groups is 1. The summed E-state index contributed by atoms with van der Waals surface area (Å²) in [5.74, 6) is -3.29. The molecule has 6 heteroatoms. The van der Waals surface area contributed by atoms with E-state index in [0.29, 0.717) is 6.42 Å². The van der Waals surface area contributed by atoms with E-state index in [4.69, 9.17) is 5.11 Å². The average Bonchev–Trinajstić information content (AvgIpc) is 2.21. The number of carbonyl (C=O) groups is 1. The zero-order valence-electron chi connectivity index (χ0n) is 8.70. The van der Waals surface area contributed by atoms with Gasteiger partial charge in [0.25, 0.3) is 5.91 Å². The molecule has 1 amide bonds. The second kappa shape index (κ2) is 5.50. The standard InChI is InChI=1S/C10H12F2N2O2/c1-6(15)2-4-14-10(16)7-3-5-13-9(12)8(7)11/h3,5-6,15H,2,4H2,1H3,(H,14,16). The van der Waals surface area contributed by atoms with Gasteiger partial charge in [-0.1, -0.05) is 0 Å². The summed E-state index contributed by atoms with van der Waals surface area (Å²) in [4.78, 5) is 14.4. The molecule has 0 aliphatic heterocycles. The minimum Gasteiger partial charge on any atom is -0.393 e. The van der Waals surface area contributed by atoms with E-state index in [-0.39, 0.29) is 6.54 Å². The molecule has 0 aliphatic rings. The molecular formula is C10H12F2N2O2. The number of hydrogen-bond acceptors (Lipinski definition) is 3. The van der Waals surface area contributed by atoms with Crippen LogP contribution in [-0.2, 0) is 0 Å². The number of rotatable bonds is 4. The number of aromatic nitrogens is 1. The smallest absolute Gasteiger partial charge is 0.254 e. The Morgan fingerprint density at radius 2 is 2.31 bits per heavy atom. The first kappa shape index (κ1) is 12.5. The SMILES string of the molecule is CC(O)CCNC(=O)c1ccnc(F)c1F. The number of halogens is 2. The van der Waals surface area contributed by atoms with Crippen LogP contribution in [0.25, 0.3) is 0 Å². The number of aliphatic hydroxyl groups excluding tert-OH is 1. The second-order valence-corrected chi connectivity index (χ2v) is 3.36. The number of pyridine rings is 1. The van der Waals surface area contributed by atoms with E-state index < -0.39 is 29.3 Å². The van der Waals surface area contributed by atoms with Crippen molar-refractivity contribution >= 4 is 5.91 Å². The molecule has 0 saturated carbocycles. The lowest BCUT2D eigenvalue weighted by molar-refractivity contribution is 0.0940. The summed E-state index contributed by atoms with van der Waals surface area (Å²) in [6, 6.07) is 1.09. The Balaban J connectivity index is 2.63. The van der Waals surface area contributed by atoms with Gasteiger partial charge in [0.15, 0.2) is 5.82 Å². The summed E-state index contributed by atoms with van der Waals surface area (Å²) in [6.45, 7) is 1.76. The van der Waals surface area contributed by atoms with Crippen LogP contribution >= 0.6 is 0 Å². The maximum Gasteiger partial charge on any atom is 0.254 e. The molecule has 1 aromatic rings. The highest BCUT2D eigenvalue weighted by Gasteiger charge is 2.15. The summed E-state index contributed by atoms with van der Waals surface area (Å²) in [5.41, 5.74) is -0.391. The first-order valence-electron chi connectivity index (χ1n) is 4.78. The van der Waals surface area contributed by atoms with Crippen molar-refractivity contribution in [2.75, 3.05) is 6.54 Å². The van der Waals surface area contributed by atoms with Gasteiger partial charge in [-0.3, -0.25) is 4.79 Å². The van der Waals surface area contributed by atoms with Gasteiger partial charge in [0, 0.05) is 12.7 Å². The summed E-state index contributed by atoms with van der Waals surface area (Å²) in [6.07, 6.45) is 0.808. The number of amides is 1. The molecular weight excluding hydrogens is 218 g/mol. The van der Waals surface area contributed by atoms with Gasteiger partial charge in [0.2, 0.25) is 5.95 Å². The highest BCUT2D eigenvalue weighted by Crippen LogP contribution is 2.08. The normalized spacial score (nSPS) is 12.2. The Morgan fingerprint density at radius 3 is 2.94 bits per heavy atom. The fourth-order valence-electron chi connectivity index (χ4n) is 1.08. The van der Waals surface area contributed by atoms with Crippen LogP contribution < -0.4 is 5.32 Å². The third kappa shape index (κ3) is 3.23. The molecule has 0 saturated heterocycles. The van der Waals surface area contributed by atoms with Gasteiger partial charge in [0.05, 0.1) is 11.7 Å². The maximum atomic E-state index is 13.1. The van der Waals surface area contributed by atoms with Crippen molar-refractivity contribution < 1.29 is 18.7 Å². The fourth-order valence-corrected chi connectivity index (χ4v) is 1.08. The van der Waals surface area contributed by atoms with Gasteiger partial charge in [-0.05, 0) is 19.4 Å². The predicted molar refractivity (Wildman–Crippen MR) is 52.8 cm³/mol. The topological polar surface area (TPSA) is 62.2 Å². The molecule has 1 aromatic heterocycles. The molecule has 0 radical (unpaired) electrons. The molecule has 0 bridgehead atoms. The van der Waals surface area contributed by atoms with E-state index in [0.717, 1.165) is 12.3 Å². The summed E-state index contributed by atoms with van der Waals surface area (Å²) < 4.78 is 25.8. The first-order valence-corrected chi connectivity index (χ1v) is 4.78. The molecule has 0 aliphatic carbocycles. The van der Waals surface area contributed by atoms with Crippen LogP contribution in [0.3, 0.4) is 0 Å². The van der Waals surface area contributed by atoms with Crippen LogP contribution in [0.2, 0.25) is 0 Å². The second-order valence-electron chi connectivity index (χ2n) is 3.36. The minimum atomic E-state index is -1.30. The van der Waals surface area contributed by atoms with Gasteiger partial charge in [-0.25, -0.2) is 9.37 Å². The molecule has 4 nitrogen and oxygen atoms in total. The highest BCUT2D eigenvalue weighted by atomic mass is 19.2. The van der Waals surface area contributed by atoms with E-state index in [1.165, 1.54) is 0 Å². The Labute approximate surface area is 91.3 Å². The van der Waals surface area contributed by atoms with Gasteiger partial charge in [-0.15, -0.1) is 0 Å². The molecule has 2 N–H and O–H groups in total. The monoisotopic (exact) mass is 230 g/mol. The van der Waals surface area contributed by atoms with Crippen molar-refractivity contribution in [2.24, 2.45) is 0 Å². The molecule has 1 rings (SSSR count). The lowest BCUT2D eigenvalue weighted by Crippen LogP contribution is -2.27. The molecule has 16 heavy (non-hydrogen) atoms. The van der Waals surface area contributed by atoms with Crippen LogP contribution in [0.5, 0.6) is 0 Å². The Hall–Kier alpha value is -1.56. The van der Waals surface area contributed by atoms with Crippen molar-refractivity contribution in [1.29, 1.82) is 0 Å². The van der Waals surface area contributed by atoms with Gasteiger partial charge in [0.1, 0.15) is 0 Å². The van der Waals surface area contributed by atoms with Gasteiger partial charge < -0.3 is 10.4 Å². The number of nitrogens with one attached hydrogen (secondary N) is 1. The Kier molecular flexibility index (Phi) is 4.30. The van der Waals surface area contributed by atoms with Crippen LogP contribution in [0.4, 0.5) is 8.78 Å². The van der Waals surface area contributed by atoms with Crippen LogP contribution in [0, 0.1) is 11.8 Å². The predicted octanol–water partition coefficient (Wildman–Crippen LogP) is 0.861. The third-order valence-corrected chi connectivity index (χ3v) is 1.94. The van der Waals surface area contributed by atoms with Crippen molar-refractivity contribution in [1.82, 2.24) is 10.3 Å². The minimum absolute atomic E-state index is 0.194. The fraction of sp³-hybridized carbons (Fsp3) is 0.400. The zero-order chi connectivity index (χ0) is 12.1. The molecule has 1 unspecified atom stereocenters. The van der Waals surface area contributed by atoms with E-state index in [1.54, 1.807) is 6.92 Å². The van der Waals surface area contributed by atoms with E-state index in [9.17, 15) is 13.6 Å². The summed E-state index contributed by atoms with van der Waals surface area (Å²) in [7, 11) is 0. The Bertz CT molecular complexity index is 383. The maximum absolute atomic E-state index is 13.1. The molecule has 0 fully saturated rings. The largest absolute Gasteiger partial charge is 0.393 e. The zero-order valence-corrected chi connectivity index (χ0v) is 8.70. The average molecular weight is 230 g/mol. The van der Waals surface area contributed by atoms with Gasteiger partial charge in [-0.2, -0.15) is 4.39 Å². The lowest BCUT2D eigenvalue weighted by atomic mass is 10.2. The number of hydrogen-bond donors (Lipinski definition) is 2. The Morgan fingerprint density at radius 1 is 1.62 bits per heavy atom. The van der Waals surface area contributed by atoms with E-state index >= 15 is 0 Å². The molecule has 1 heterocycles. The van der Waals surface area contributed by atoms with Crippen LogP contribution in [-0.4, -0.2) is 28.6 Å². The summed E-state index contributed by atoms with van der Waals surface area (Å²) in [5, 5.41) is 11.3. The first-order chi connectivity index (χ1) is 7.52. The molecule has 1 atom stereocenters. The van der Waals surface area contributed by atoms with Crippen molar-refractivity contribution in [3.05, 3.63) is 29.6 Å². The van der Waals surface area contributed by atoms with Gasteiger partial charge >= 0.3 is 0 Å². The van der Waals surface area contributed by atoms with Crippen molar-refractivity contribution in [2.45, 2.75) is 19.4 Å². The third-order valence-electron chi connectivity index (χ3n) is 1.94. The quantitative estimate of drug-likeness (QED) is 0.754. The van der Waals surface area contributed by atoms with Crippen molar-refractivity contribution in [3.8, 4) is 0 Å². The number of nitrogens with zero attached hydrogens (tertiary/aromatic N) is 1. The lowest BCUT2D eigenvalue weighted by Gasteiger charge is -2.07. The van der Waals surface area contributed by atoms with E-state index in [2.05, 4.69) is 10.3 Å². The van der Waals surface area contributed by atoms with Crippen LogP contribution in [0.1, 0.15) is 23.7 Å². The van der Waals surface area contributed by atoms with E-state index in [1.807, 2.05) is 0 Å². The summed E-state index contributed by atoms with van der Waals surface area (Å²) >= 11 is 0. The molecule has 0 spiro atoms. The van der Waals surface area contributed by atoms with Crippen LogP contribution in [0.15, 0.2) is 12.3 Å². The molecule has 0 aromatic carbocycles. The number of carbonyl (C=O) groups excluding carboxylic acids is 1. The molecule has 88 valence electrons. The highest BCUT2D eigenvalue weighted by molar-refractivity contribution is 5.94. The van der Waals surface area contributed by atoms with Crippen molar-refractivity contribution in [3.63, 3.8) is 0 Å².